The number of rotatable bonds is 2. The van der Waals surface area contributed by atoms with Crippen molar-refractivity contribution in [3.63, 3.8) is 0 Å². The molecule has 0 aromatic rings. The van der Waals surface area contributed by atoms with Crippen molar-refractivity contribution in [3.05, 3.63) is 0 Å². The Morgan fingerprint density at radius 1 is 1.73 bits per heavy atom. The summed E-state index contributed by atoms with van der Waals surface area (Å²) in [4.78, 5) is 0. The predicted octanol–water partition coefficient (Wildman–Crippen LogP) is 0.988. The van der Waals surface area contributed by atoms with Crippen molar-refractivity contribution >= 4 is 6.21 Å². The van der Waals surface area contributed by atoms with Crippen LogP contribution in [0, 0.1) is 0 Å². The van der Waals surface area contributed by atoms with Crippen molar-refractivity contribution in [2.45, 2.75) is 32.2 Å². The highest BCUT2D eigenvalue weighted by atomic mass is 16.7. The highest BCUT2D eigenvalue weighted by Gasteiger charge is 2.31. The van der Waals surface area contributed by atoms with E-state index in [9.17, 15) is 0 Å². The Bertz CT molecular complexity index is 156. The van der Waals surface area contributed by atoms with Crippen LogP contribution in [-0.4, -0.2) is 29.9 Å². The van der Waals surface area contributed by atoms with Gasteiger partial charge in [-0.1, -0.05) is 0 Å². The Labute approximate surface area is 65.8 Å². The summed E-state index contributed by atoms with van der Waals surface area (Å²) in [6.07, 6.45) is 2.04. The van der Waals surface area contributed by atoms with Gasteiger partial charge in [0.1, 0.15) is 0 Å². The molecule has 0 bridgehead atoms. The largest absolute Gasteiger partial charge is 0.411 e. The third-order valence-electron chi connectivity index (χ3n) is 1.52. The zero-order valence-corrected chi connectivity index (χ0v) is 6.78. The lowest BCUT2D eigenvalue weighted by atomic mass is 10.3. The quantitative estimate of drug-likeness (QED) is 0.371. The van der Waals surface area contributed by atoms with Crippen LogP contribution in [0.3, 0.4) is 0 Å². The first kappa shape index (κ1) is 8.49. The van der Waals surface area contributed by atoms with Crippen LogP contribution in [0.1, 0.15) is 20.3 Å². The summed E-state index contributed by atoms with van der Waals surface area (Å²) in [5, 5.41) is 11.0. The van der Waals surface area contributed by atoms with Gasteiger partial charge in [0.05, 0.1) is 12.7 Å². The topological polar surface area (TPSA) is 51.0 Å². The van der Waals surface area contributed by atoms with Crippen molar-refractivity contribution < 1.29 is 14.7 Å². The van der Waals surface area contributed by atoms with Gasteiger partial charge in [-0.2, -0.15) is 0 Å². The predicted molar refractivity (Wildman–Crippen MR) is 39.8 cm³/mol. The smallest absolute Gasteiger partial charge is 0.163 e. The first-order valence-electron chi connectivity index (χ1n) is 3.62. The highest BCUT2D eigenvalue weighted by molar-refractivity contribution is 5.56. The van der Waals surface area contributed by atoms with Crippen LogP contribution in [0.2, 0.25) is 0 Å². The van der Waals surface area contributed by atoms with E-state index in [-0.39, 0.29) is 6.10 Å². The minimum Gasteiger partial charge on any atom is -0.411 e. The lowest BCUT2D eigenvalue weighted by Gasteiger charge is -2.16. The Morgan fingerprint density at radius 3 is 2.91 bits per heavy atom. The van der Waals surface area contributed by atoms with Crippen molar-refractivity contribution in [1.29, 1.82) is 0 Å². The molecule has 0 spiro atoms. The third-order valence-corrected chi connectivity index (χ3v) is 1.52. The minimum atomic E-state index is -0.478. The Balaban J connectivity index is 2.30. The average molecular weight is 159 g/mol. The molecule has 1 heterocycles. The third kappa shape index (κ3) is 2.48. The van der Waals surface area contributed by atoms with Gasteiger partial charge in [0.2, 0.25) is 0 Å². The van der Waals surface area contributed by atoms with E-state index >= 15 is 0 Å². The van der Waals surface area contributed by atoms with Gasteiger partial charge in [0.15, 0.2) is 5.79 Å². The molecule has 1 aliphatic rings. The molecule has 1 fully saturated rings. The molecular formula is C7H13NO3. The molecule has 4 heteroatoms. The molecule has 4 nitrogen and oxygen atoms in total. The lowest BCUT2D eigenvalue weighted by Crippen LogP contribution is -2.21. The van der Waals surface area contributed by atoms with E-state index in [4.69, 9.17) is 14.7 Å². The van der Waals surface area contributed by atoms with Crippen LogP contribution >= 0.6 is 0 Å². The standard InChI is InChI=1S/C7H13NO3/c1-7(2)10-5-6(11-7)3-4-8-9/h4,6,9H,3,5H2,1-2H3/b8-4+. The molecule has 0 saturated carbocycles. The highest BCUT2D eigenvalue weighted by Crippen LogP contribution is 2.23. The zero-order valence-electron chi connectivity index (χ0n) is 6.78. The van der Waals surface area contributed by atoms with E-state index in [1.807, 2.05) is 13.8 Å². The maximum absolute atomic E-state index is 8.13. The summed E-state index contributed by atoms with van der Waals surface area (Å²) in [6, 6.07) is 0. The van der Waals surface area contributed by atoms with E-state index < -0.39 is 5.79 Å². The second-order valence-corrected chi connectivity index (χ2v) is 2.98. The van der Waals surface area contributed by atoms with Crippen molar-refractivity contribution in [2.24, 2.45) is 5.16 Å². The molecule has 0 aromatic carbocycles. The van der Waals surface area contributed by atoms with Crippen LogP contribution in [-0.2, 0) is 9.47 Å². The summed E-state index contributed by atoms with van der Waals surface area (Å²) in [7, 11) is 0. The van der Waals surface area contributed by atoms with Gasteiger partial charge in [-0.15, -0.1) is 5.16 Å². The fourth-order valence-electron chi connectivity index (χ4n) is 1.04. The molecule has 1 aliphatic heterocycles. The monoisotopic (exact) mass is 159 g/mol. The molecule has 11 heavy (non-hydrogen) atoms. The molecule has 0 aromatic heterocycles. The second-order valence-electron chi connectivity index (χ2n) is 2.98. The average Bonchev–Trinajstić information content (AvgIpc) is 2.26. The van der Waals surface area contributed by atoms with Crippen LogP contribution < -0.4 is 0 Å². The number of nitrogens with zero attached hydrogens (tertiary/aromatic N) is 1. The summed E-state index contributed by atoms with van der Waals surface area (Å²) in [5.41, 5.74) is 0. The SMILES string of the molecule is CC1(C)OCC(C/C=N/O)O1. The van der Waals surface area contributed by atoms with Crippen molar-refractivity contribution in [3.8, 4) is 0 Å². The molecule has 0 radical (unpaired) electrons. The van der Waals surface area contributed by atoms with E-state index in [1.54, 1.807) is 0 Å². The molecule has 1 unspecified atom stereocenters. The molecule has 1 N–H and O–H groups in total. The molecule has 0 aliphatic carbocycles. The van der Waals surface area contributed by atoms with Gasteiger partial charge in [-0.05, 0) is 13.8 Å². The zero-order chi connectivity index (χ0) is 8.32. The number of ether oxygens (including phenoxy) is 2. The molecular weight excluding hydrogens is 146 g/mol. The Morgan fingerprint density at radius 2 is 2.45 bits per heavy atom. The van der Waals surface area contributed by atoms with Gasteiger partial charge < -0.3 is 14.7 Å². The minimum absolute atomic E-state index is 0.0286. The van der Waals surface area contributed by atoms with Gasteiger partial charge in [0, 0.05) is 12.6 Å². The fourth-order valence-corrected chi connectivity index (χ4v) is 1.04. The Hall–Kier alpha value is -0.610. The first-order chi connectivity index (χ1) is 5.14. The van der Waals surface area contributed by atoms with Gasteiger partial charge in [-0.3, -0.25) is 0 Å². The van der Waals surface area contributed by atoms with E-state index in [0.29, 0.717) is 13.0 Å². The summed E-state index contributed by atoms with van der Waals surface area (Å²) >= 11 is 0. The summed E-state index contributed by atoms with van der Waals surface area (Å²) in [6.45, 7) is 4.30. The first-order valence-corrected chi connectivity index (χ1v) is 3.62. The number of hydrogen-bond acceptors (Lipinski definition) is 4. The van der Waals surface area contributed by atoms with Gasteiger partial charge in [-0.25, -0.2) is 0 Å². The van der Waals surface area contributed by atoms with Gasteiger partial charge >= 0.3 is 0 Å². The molecule has 1 rings (SSSR count). The van der Waals surface area contributed by atoms with E-state index in [2.05, 4.69) is 5.16 Å². The Kier molecular flexibility index (Phi) is 2.46. The molecule has 1 saturated heterocycles. The van der Waals surface area contributed by atoms with Crippen molar-refractivity contribution in [1.82, 2.24) is 0 Å². The molecule has 64 valence electrons. The summed E-state index contributed by atoms with van der Waals surface area (Å²) < 4.78 is 10.7. The number of oxime groups is 1. The maximum atomic E-state index is 8.13. The normalized spacial score (nSPS) is 29.8. The second kappa shape index (κ2) is 3.19. The fraction of sp³-hybridized carbons (Fsp3) is 0.857. The van der Waals surface area contributed by atoms with E-state index in [0.717, 1.165) is 0 Å². The van der Waals surface area contributed by atoms with Crippen LogP contribution in [0.5, 0.6) is 0 Å². The molecule has 0 amide bonds. The maximum Gasteiger partial charge on any atom is 0.163 e. The summed E-state index contributed by atoms with van der Waals surface area (Å²) in [5.74, 6) is -0.478. The molecule has 1 atom stereocenters. The van der Waals surface area contributed by atoms with Crippen LogP contribution in [0.25, 0.3) is 0 Å². The number of hydrogen-bond donors (Lipinski definition) is 1. The van der Waals surface area contributed by atoms with Crippen molar-refractivity contribution in [2.75, 3.05) is 6.61 Å². The lowest BCUT2D eigenvalue weighted by molar-refractivity contribution is -0.137. The van der Waals surface area contributed by atoms with Crippen LogP contribution in [0.15, 0.2) is 5.16 Å². The van der Waals surface area contributed by atoms with Crippen LogP contribution in [0.4, 0.5) is 0 Å². The van der Waals surface area contributed by atoms with E-state index in [1.165, 1.54) is 6.21 Å². The van der Waals surface area contributed by atoms with Gasteiger partial charge in [0.25, 0.3) is 0 Å².